The molecule has 23 heavy (non-hydrogen) atoms. The Hall–Kier alpha value is -1.43. The molecule has 1 aliphatic rings. The molecule has 1 saturated heterocycles. The number of nitrogens with zero attached hydrogens (tertiary/aromatic N) is 3. The lowest BCUT2D eigenvalue weighted by molar-refractivity contribution is 0.0647. The molecule has 1 aromatic carbocycles. The van der Waals surface area contributed by atoms with Crippen molar-refractivity contribution < 1.29 is 4.79 Å². The van der Waals surface area contributed by atoms with Crippen LogP contribution in [0.3, 0.4) is 0 Å². The first-order valence-electron chi connectivity index (χ1n) is 7.84. The van der Waals surface area contributed by atoms with Crippen molar-refractivity contribution in [2.75, 3.05) is 32.7 Å². The van der Waals surface area contributed by atoms with Crippen LogP contribution in [0.5, 0.6) is 0 Å². The van der Waals surface area contributed by atoms with E-state index in [1.54, 1.807) is 0 Å². The molecule has 2 aromatic rings. The second kappa shape index (κ2) is 6.99. The van der Waals surface area contributed by atoms with E-state index in [9.17, 15) is 4.79 Å². The van der Waals surface area contributed by atoms with Crippen LogP contribution in [0.15, 0.2) is 24.3 Å². The molecule has 1 aromatic heterocycles. The summed E-state index contributed by atoms with van der Waals surface area (Å²) >= 11 is 7.68. The normalized spacial score (nSPS) is 15.9. The fourth-order valence-electron chi connectivity index (χ4n) is 2.76. The van der Waals surface area contributed by atoms with Crippen LogP contribution >= 0.6 is 22.9 Å². The number of piperazine rings is 1. The van der Waals surface area contributed by atoms with Crippen LogP contribution in [-0.4, -0.2) is 53.4 Å². The molecule has 0 saturated carbocycles. The van der Waals surface area contributed by atoms with Crippen molar-refractivity contribution in [2.24, 2.45) is 0 Å². The molecule has 1 amide bonds. The van der Waals surface area contributed by atoms with Gasteiger partial charge in [0.1, 0.15) is 9.88 Å². The van der Waals surface area contributed by atoms with Crippen molar-refractivity contribution in [2.45, 2.75) is 13.8 Å². The first kappa shape index (κ1) is 16.4. The van der Waals surface area contributed by atoms with Crippen LogP contribution in [0, 0.1) is 6.92 Å². The summed E-state index contributed by atoms with van der Waals surface area (Å²) < 4.78 is 0. The largest absolute Gasteiger partial charge is 0.335 e. The van der Waals surface area contributed by atoms with Gasteiger partial charge in [0.15, 0.2) is 0 Å². The number of amides is 1. The van der Waals surface area contributed by atoms with E-state index in [4.69, 9.17) is 11.6 Å². The van der Waals surface area contributed by atoms with Gasteiger partial charge in [0.25, 0.3) is 5.91 Å². The van der Waals surface area contributed by atoms with E-state index in [2.05, 4.69) is 16.8 Å². The highest BCUT2D eigenvalue weighted by Crippen LogP contribution is 2.33. The maximum atomic E-state index is 12.8. The number of carbonyl (C=O) groups excluding carboxylic acids is 1. The Morgan fingerprint density at radius 3 is 2.61 bits per heavy atom. The van der Waals surface area contributed by atoms with Crippen LogP contribution in [0.2, 0.25) is 5.02 Å². The standard InChI is InChI=1S/C17H20ClN3OS/c1-3-20-8-10-21(11-9-20)17(22)15-12(2)19-16(23-15)13-6-4-5-7-14(13)18/h4-7H,3,8-11H2,1-2H3. The number of thiazole rings is 1. The topological polar surface area (TPSA) is 36.4 Å². The zero-order chi connectivity index (χ0) is 16.4. The van der Waals surface area contributed by atoms with Gasteiger partial charge in [0.05, 0.1) is 10.7 Å². The van der Waals surface area contributed by atoms with Crippen LogP contribution in [0.25, 0.3) is 10.6 Å². The van der Waals surface area contributed by atoms with Gasteiger partial charge in [-0.3, -0.25) is 4.79 Å². The highest BCUT2D eigenvalue weighted by Gasteiger charge is 2.25. The summed E-state index contributed by atoms with van der Waals surface area (Å²) in [6, 6.07) is 7.61. The molecule has 122 valence electrons. The molecule has 3 rings (SSSR count). The van der Waals surface area contributed by atoms with E-state index in [1.807, 2.05) is 36.1 Å². The molecule has 0 aliphatic carbocycles. The molecule has 0 bridgehead atoms. The van der Waals surface area contributed by atoms with E-state index in [0.29, 0.717) is 5.02 Å². The van der Waals surface area contributed by atoms with Gasteiger partial charge in [0.2, 0.25) is 0 Å². The van der Waals surface area contributed by atoms with Crippen molar-refractivity contribution in [3.8, 4) is 10.6 Å². The minimum Gasteiger partial charge on any atom is -0.335 e. The number of hydrogen-bond donors (Lipinski definition) is 0. The summed E-state index contributed by atoms with van der Waals surface area (Å²) in [6.45, 7) is 8.54. The Labute approximate surface area is 145 Å². The minimum absolute atomic E-state index is 0.0917. The smallest absolute Gasteiger partial charge is 0.265 e. The molecule has 2 heterocycles. The average molecular weight is 350 g/mol. The fraction of sp³-hybridized carbons (Fsp3) is 0.412. The summed E-state index contributed by atoms with van der Waals surface area (Å²) in [4.78, 5) is 22.4. The van der Waals surface area contributed by atoms with Crippen molar-refractivity contribution in [1.29, 1.82) is 0 Å². The highest BCUT2D eigenvalue weighted by atomic mass is 35.5. The summed E-state index contributed by atoms with van der Waals surface area (Å²) in [6.07, 6.45) is 0. The number of aryl methyl sites for hydroxylation is 1. The number of likely N-dealkylation sites (N-methyl/N-ethyl adjacent to an activating group) is 1. The minimum atomic E-state index is 0.0917. The van der Waals surface area contributed by atoms with Crippen LogP contribution in [-0.2, 0) is 0 Å². The Balaban J connectivity index is 1.81. The van der Waals surface area contributed by atoms with E-state index < -0.39 is 0 Å². The number of rotatable bonds is 3. The van der Waals surface area contributed by atoms with Gasteiger partial charge in [-0.25, -0.2) is 4.98 Å². The Kier molecular flexibility index (Phi) is 4.99. The van der Waals surface area contributed by atoms with Gasteiger partial charge < -0.3 is 9.80 Å². The number of benzene rings is 1. The molecule has 0 spiro atoms. The van der Waals surface area contributed by atoms with E-state index >= 15 is 0 Å². The summed E-state index contributed by atoms with van der Waals surface area (Å²) in [5, 5.41) is 1.47. The number of carbonyl (C=O) groups is 1. The maximum Gasteiger partial charge on any atom is 0.265 e. The molecule has 4 nitrogen and oxygen atoms in total. The summed E-state index contributed by atoms with van der Waals surface area (Å²) in [5.41, 5.74) is 1.67. The van der Waals surface area contributed by atoms with E-state index in [1.165, 1.54) is 11.3 Å². The number of aromatic nitrogens is 1. The molecule has 6 heteroatoms. The van der Waals surface area contributed by atoms with Crippen LogP contribution in [0.4, 0.5) is 0 Å². The second-order valence-electron chi connectivity index (χ2n) is 5.64. The van der Waals surface area contributed by atoms with Crippen molar-refractivity contribution in [1.82, 2.24) is 14.8 Å². The maximum absolute atomic E-state index is 12.8. The van der Waals surface area contributed by atoms with E-state index in [-0.39, 0.29) is 5.91 Å². The van der Waals surface area contributed by atoms with Crippen LogP contribution < -0.4 is 0 Å². The van der Waals surface area contributed by atoms with Crippen molar-refractivity contribution >= 4 is 28.8 Å². The molecule has 0 N–H and O–H groups in total. The zero-order valence-corrected chi connectivity index (χ0v) is 15.0. The lowest BCUT2D eigenvalue weighted by atomic mass is 10.2. The fourth-order valence-corrected chi connectivity index (χ4v) is 4.11. The number of halogens is 1. The average Bonchev–Trinajstić information content (AvgIpc) is 2.96. The molecule has 0 unspecified atom stereocenters. The van der Waals surface area contributed by atoms with Crippen LogP contribution in [0.1, 0.15) is 22.3 Å². The molecule has 1 fully saturated rings. The first-order valence-corrected chi connectivity index (χ1v) is 9.03. The van der Waals surface area contributed by atoms with Gasteiger partial charge in [-0.15, -0.1) is 11.3 Å². The third-order valence-corrected chi connectivity index (χ3v) is 5.71. The summed E-state index contributed by atoms with van der Waals surface area (Å²) in [7, 11) is 0. The predicted octanol–water partition coefficient (Wildman–Crippen LogP) is 3.55. The highest BCUT2D eigenvalue weighted by molar-refractivity contribution is 7.17. The Bertz CT molecular complexity index is 708. The molecule has 0 radical (unpaired) electrons. The molecule has 1 aliphatic heterocycles. The van der Waals surface area contributed by atoms with Gasteiger partial charge in [-0.1, -0.05) is 36.7 Å². The second-order valence-corrected chi connectivity index (χ2v) is 7.05. The van der Waals surface area contributed by atoms with Crippen molar-refractivity contribution in [3.63, 3.8) is 0 Å². The van der Waals surface area contributed by atoms with Gasteiger partial charge in [-0.2, -0.15) is 0 Å². The SMILES string of the molecule is CCN1CCN(C(=O)c2sc(-c3ccccc3Cl)nc2C)CC1. The monoisotopic (exact) mass is 349 g/mol. The third kappa shape index (κ3) is 3.42. The number of hydrogen-bond acceptors (Lipinski definition) is 4. The van der Waals surface area contributed by atoms with Crippen molar-refractivity contribution in [3.05, 3.63) is 39.9 Å². The molecular weight excluding hydrogens is 330 g/mol. The van der Waals surface area contributed by atoms with Gasteiger partial charge >= 0.3 is 0 Å². The predicted molar refractivity (Wildman–Crippen MR) is 95.3 cm³/mol. The molecular formula is C17H20ClN3OS. The van der Waals surface area contributed by atoms with Gasteiger partial charge in [0, 0.05) is 31.7 Å². The Morgan fingerprint density at radius 1 is 1.26 bits per heavy atom. The van der Waals surface area contributed by atoms with E-state index in [0.717, 1.165) is 53.9 Å². The zero-order valence-electron chi connectivity index (χ0n) is 13.4. The Morgan fingerprint density at radius 2 is 1.96 bits per heavy atom. The first-order chi connectivity index (χ1) is 11.1. The molecule has 0 atom stereocenters. The summed E-state index contributed by atoms with van der Waals surface area (Å²) in [5.74, 6) is 0.0917. The lowest BCUT2D eigenvalue weighted by Gasteiger charge is -2.33. The quantitative estimate of drug-likeness (QED) is 0.850. The lowest BCUT2D eigenvalue weighted by Crippen LogP contribution is -2.48. The third-order valence-electron chi connectivity index (χ3n) is 4.20. The van der Waals surface area contributed by atoms with Gasteiger partial charge in [-0.05, 0) is 19.5 Å².